The predicted octanol–water partition coefficient (Wildman–Crippen LogP) is 2.35. The van der Waals surface area contributed by atoms with E-state index in [4.69, 9.17) is 0 Å². The predicted molar refractivity (Wildman–Crippen MR) is 64.7 cm³/mol. The molecule has 0 amide bonds. The lowest BCUT2D eigenvalue weighted by atomic mass is 9.86. The maximum atomic E-state index is 3.57. The van der Waals surface area contributed by atoms with Crippen molar-refractivity contribution in [1.82, 2.24) is 10.2 Å². The SMILES string of the molecule is CCCN(C)CC(NCC)C(C)(C)C. The van der Waals surface area contributed by atoms with E-state index in [0.29, 0.717) is 11.5 Å². The molecule has 0 aromatic heterocycles. The average molecular weight is 200 g/mol. The van der Waals surface area contributed by atoms with Crippen LogP contribution in [0.25, 0.3) is 0 Å². The fourth-order valence-corrected chi connectivity index (χ4v) is 1.68. The normalized spacial score (nSPS) is 14.8. The van der Waals surface area contributed by atoms with Gasteiger partial charge in [0.1, 0.15) is 0 Å². The van der Waals surface area contributed by atoms with E-state index in [1.54, 1.807) is 0 Å². The third-order valence-electron chi connectivity index (χ3n) is 2.60. The van der Waals surface area contributed by atoms with E-state index < -0.39 is 0 Å². The quantitative estimate of drug-likeness (QED) is 0.708. The molecular formula is C12H28N2. The van der Waals surface area contributed by atoms with Crippen molar-refractivity contribution in [2.45, 2.75) is 47.1 Å². The Hall–Kier alpha value is -0.0800. The molecule has 14 heavy (non-hydrogen) atoms. The highest BCUT2D eigenvalue weighted by Crippen LogP contribution is 2.19. The van der Waals surface area contributed by atoms with Gasteiger partial charge in [-0.25, -0.2) is 0 Å². The maximum absolute atomic E-state index is 3.57. The summed E-state index contributed by atoms with van der Waals surface area (Å²) in [4.78, 5) is 2.42. The Labute approximate surface area is 90.1 Å². The molecule has 1 unspecified atom stereocenters. The first-order valence-corrected chi connectivity index (χ1v) is 5.83. The van der Waals surface area contributed by atoms with Crippen molar-refractivity contribution in [2.24, 2.45) is 5.41 Å². The molecule has 0 aromatic carbocycles. The monoisotopic (exact) mass is 200 g/mol. The lowest BCUT2D eigenvalue weighted by Crippen LogP contribution is -2.47. The molecule has 0 bridgehead atoms. The first-order chi connectivity index (χ1) is 6.41. The molecule has 0 heterocycles. The fraction of sp³-hybridized carbons (Fsp3) is 1.00. The second kappa shape index (κ2) is 6.41. The van der Waals surface area contributed by atoms with Gasteiger partial charge in [-0.2, -0.15) is 0 Å². The van der Waals surface area contributed by atoms with E-state index >= 15 is 0 Å². The van der Waals surface area contributed by atoms with Crippen molar-refractivity contribution in [3.63, 3.8) is 0 Å². The molecule has 86 valence electrons. The molecule has 0 fully saturated rings. The summed E-state index contributed by atoms with van der Waals surface area (Å²) >= 11 is 0. The van der Waals surface area contributed by atoms with Crippen molar-refractivity contribution >= 4 is 0 Å². The van der Waals surface area contributed by atoms with Gasteiger partial charge in [0.05, 0.1) is 0 Å². The third-order valence-corrected chi connectivity index (χ3v) is 2.60. The Balaban J connectivity index is 4.09. The number of hydrogen-bond acceptors (Lipinski definition) is 2. The van der Waals surface area contributed by atoms with Crippen molar-refractivity contribution in [3.8, 4) is 0 Å². The maximum Gasteiger partial charge on any atom is 0.0243 e. The van der Waals surface area contributed by atoms with Gasteiger partial charge in [-0.1, -0.05) is 34.6 Å². The zero-order chi connectivity index (χ0) is 11.2. The standard InChI is InChI=1S/C12H28N2/c1-7-9-14(6)10-11(13-8-2)12(3,4)5/h11,13H,7-10H2,1-6H3. The van der Waals surface area contributed by atoms with Gasteiger partial charge in [0.25, 0.3) is 0 Å². The highest BCUT2D eigenvalue weighted by atomic mass is 15.1. The largest absolute Gasteiger partial charge is 0.312 e. The van der Waals surface area contributed by atoms with Gasteiger partial charge in [0, 0.05) is 12.6 Å². The molecule has 0 aliphatic heterocycles. The van der Waals surface area contributed by atoms with Crippen LogP contribution in [0.5, 0.6) is 0 Å². The Kier molecular flexibility index (Phi) is 6.38. The van der Waals surface area contributed by atoms with E-state index in [0.717, 1.165) is 13.1 Å². The smallest absolute Gasteiger partial charge is 0.0243 e. The molecule has 0 saturated heterocycles. The summed E-state index contributed by atoms with van der Waals surface area (Å²) in [5.74, 6) is 0. The van der Waals surface area contributed by atoms with Crippen molar-refractivity contribution < 1.29 is 0 Å². The minimum absolute atomic E-state index is 0.345. The van der Waals surface area contributed by atoms with Crippen LogP contribution in [0.2, 0.25) is 0 Å². The molecule has 0 rings (SSSR count). The summed E-state index contributed by atoms with van der Waals surface area (Å²) in [5, 5.41) is 3.57. The zero-order valence-corrected chi connectivity index (χ0v) is 10.9. The second-order valence-corrected chi connectivity index (χ2v) is 5.24. The molecule has 0 aromatic rings. The number of likely N-dealkylation sites (N-methyl/N-ethyl adjacent to an activating group) is 2. The molecule has 0 radical (unpaired) electrons. The van der Waals surface area contributed by atoms with E-state index in [2.05, 4.69) is 51.9 Å². The van der Waals surface area contributed by atoms with E-state index in [-0.39, 0.29) is 0 Å². The van der Waals surface area contributed by atoms with Crippen LogP contribution in [-0.4, -0.2) is 37.6 Å². The van der Waals surface area contributed by atoms with Gasteiger partial charge in [-0.05, 0) is 32.0 Å². The third kappa shape index (κ3) is 5.61. The lowest BCUT2D eigenvalue weighted by molar-refractivity contribution is 0.196. The second-order valence-electron chi connectivity index (χ2n) is 5.24. The number of hydrogen-bond donors (Lipinski definition) is 1. The van der Waals surface area contributed by atoms with Crippen LogP contribution in [0, 0.1) is 5.41 Å². The molecule has 0 aliphatic rings. The number of rotatable bonds is 6. The van der Waals surface area contributed by atoms with E-state index in [9.17, 15) is 0 Å². The van der Waals surface area contributed by atoms with Crippen LogP contribution in [0.15, 0.2) is 0 Å². The highest BCUT2D eigenvalue weighted by Gasteiger charge is 2.24. The van der Waals surface area contributed by atoms with Crippen LogP contribution < -0.4 is 5.32 Å². The molecule has 0 saturated carbocycles. The molecule has 2 nitrogen and oxygen atoms in total. The van der Waals surface area contributed by atoms with Crippen molar-refractivity contribution in [1.29, 1.82) is 0 Å². The molecule has 1 N–H and O–H groups in total. The fourth-order valence-electron chi connectivity index (χ4n) is 1.68. The lowest BCUT2D eigenvalue weighted by Gasteiger charge is -2.34. The summed E-state index contributed by atoms with van der Waals surface area (Å²) < 4.78 is 0. The van der Waals surface area contributed by atoms with Crippen LogP contribution in [-0.2, 0) is 0 Å². The van der Waals surface area contributed by atoms with Crippen LogP contribution in [0.1, 0.15) is 41.0 Å². The number of nitrogens with one attached hydrogen (secondary N) is 1. The van der Waals surface area contributed by atoms with Crippen LogP contribution in [0.4, 0.5) is 0 Å². The van der Waals surface area contributed by atoms with Crippen LogP contribution >= 0.6 is 0 Å². The molecule has 2 heteroatoms. The van der Waals surface area contributed by atoms with E-state index in [1.165, 1.54) is 13.0 Å². The van der Waals surface area contributed by atoms with Gasteiger partial charge in [0.15, 0.2) is 0 Å². The Bertz CT molecular complexity index is 138. The summed E-state index contributed by atoms with van der Waals surface area (Å²) in [5.41, 5.74) is 0.345. The average Bonchev–Trinajstić information content (AvgIpc) is 2.02. The minimum Gasteiger partial charge on any atom is -0.312 e. The summed E-state index contributed by atoms with van der Waals surface area (Å²) in [6, 6.07) is 0.587. The topological polar surface area (TPSA) is 15.3 Å². The summed E-state index contributed by atoms with van der Waals surface area (Å²) in [6.45, 7) is 14.7. The van der Waals surface area contributed by atoms with Gasteiger partial charge >= 0.3 is 0 Å². The highest BCUT2D eigenvalue weighted by molar-refractivity contribution is 4.82. The van der Waals surface area contributed by atoms with Crippen molar-refractivity contribution in [2.75, 3.05) is 26.7 Å². The molecular weight excluding hydrogens is 172 g/mol. The van der Waals surface area contributed by atoms with Gasteiger partial charge in [-0.15, -0.1) is 0 Å². The van der Waals surface area contributed by atoms with Gasteiger partial charge < -0.3 is 10.2 Å². The molecule has 0 aliphatic carbocycles. The first kappa shape index (κ1) is 13.9. The summed E-state index contributed by atoms with van der Waals surface area (Å²) in [7, 11) is 2.21. The van der Waals surface area contributed by atoms with E-state index in [1.807, 2.05) is 0 Å². The van der Waals surface area contributed by atoms with Crippen molar-refractivity contribution in [3.05, 3.63) is 0 Å². The first-order valence-electron chi connectivity index (χ1n) is 5.83. The van der Waals surface area contributed by atoms with Crippen LogP contribution in [0.3, 0.4) is 0 Å². The Morgan fingerprint density at radius 1 is 1.21 bits per heavy atom. The minimum atomic E-state index is 0.345. The van der Waals surface area contributed by atoms with Gasteiger partial charge in [-0.3, -0.25) is 0 Å². The zero-order valence-electron chi connectivity index (χ0n) is 10.9. The van der Waals surface area contributed by atoms with Gasteiger partial charge in [0.2, 0.25) is 0 Å². The number of nitrogens with zero attached hydrogens (tertiary/aromatic N) is 1. The molecule has 1 atom stereocenters. The Morgan fingerprint density at radius 3 is 2.14 bits per heavy atom. The Morgan fingerprint density at radius 2 is 1.79 bits per heavy atom. The summed E-state index contributed by atoms with van der Waals surface area (Å²) in [6.07, 6.45) is 1.24. The molecule has 0 spiro atoms.